The Morgan fingerprint density at radius 1 is 1.00 bits per heavy atom. The van der Waals surface area contributed by atoms with E-state index in [1.165, 1.54) is 51.0 Å². The zero-order chi connectivity index (χ0) is 23.5. The molecule has 0 saturated carbocycles. The largest absolute Gasteiger partial charge is 0.473 e. The van der Waals surface area contributed by atoms with E-state index < -0.39 is 11.9 Å². The van der Waals surface area contributed by atoms with Crippen molar-refractivity contribution in [3.8, 4) is 0 Å². The molecule has 2 N–H and O–H groups in total. The monoisotopic (exact) mass is 447 g/mol. The third-order valence-corrected chi connectivity index (χ3v) is 6.24. The summed E-state index contributed by atoms with van der Waals surface area (Å²) < 4.78 is 0. The van der Waals surface area contributed by atoms with Crippen LogP contribution in [0.4, 0.5) is 0 Å². The van der Waals surface area contributed by atoms with Crippen LogP contribution in [0, 0.1) is 5.92 Å². The van der Waals surface area contributed by atoms with Crippen LogP contribution in [0.1, 0.15) is 44.6 Å². The molecule has 0 aromatic heterocycles. The van der Waals surface area contributed by atoms with Crippen molar-refractivity contribution in [1.29, 1.82) is 0 Å². The standard InChI is InChI=1S/C22H35N3O.C2H2O4/c1-3-13-24-15-11-21(12-16-24)25-14-7-10-20(18-25)22(26)23(2)17-19-8-5-4-6-9-19;3-1(4)2(5)6/h4-6,8-9,20-21H,3,7,10-18H2,1-2H3;(H,3,4)(H,5,6). The molecule has 1 amide bonds. The molecular weight excluding hydrogens is 410 g/mol. The number of carboxylic acid groups (broad SMARTS) is 2. The number of amides is 1. The van der Waals surface area contributed by atoms with Gasteiger partial charge in [0.1, 0.15) is 0 Å². The maximum atomic E-state index is 13.0. The first-order valence-corrected chi connectivity index (χ1v) is 11.5. The molecule has 8 nitrogen and oxygen atoms in total. The Morgan fingerprint density at radius 3 is 2.19 bits per heavy atom. The van der Waals surface area contributed by atoms with E-state index in [2.05, 4.69) is 28.9 Å². The zero-order valence-corrected chi connectivity index (χ0v) is 19.3. The molecule has 0 radical (unpaired) electrons. The fraction of sp³-hybridized carbons (Fsp3) is 0.625. The van der Waals surface area contributed by atoms with Gasteiger partial charge in [0, 0.05) is 26.2 Å². The summed E-state index contributed by atoms with van der Waals surface area (Å²) in [6.45, 7) is 8.78. The van der Waals surface area contributed by atoms with Crippen LogP contribution in [0.15, 0.2) is 30.3 Å². The van der Waals surface area contributed by atoms with Crippen molar-refractivity contribution in [3.63, 3.8) is 0 Å². The lowest BCUT2D eigenvalue weighted by Gasteiger charge is -2.42. The molecule has 0 spiro atoms. The molecule has 1 unspecified atom stereocenters. The Bertz CT molecular complexity index is 722. The first-order valence-electron chi connectivity index (χ1n) is 11.5. The highest BCUT2D eigenvalue weighted by Gasteiger charge is 2.32. The Balaban J connectivity index is 0.000000534. The number of rotatable bonds is 6. The second kappa shape index (κ2) is 13.2. The summed E-state index contributed by atoms with van der Waals surface area (Å²) in [5.74, 6) is -3.15. The van der Waals surface area contributed by atoms with Gasteiger partial charge in [0.05, 0.1) is 5.92 Å². The Kier molecular flexibility index (Phi) is 10.6. The number of likely N-dealkylation sites (tertiary alicyclic amines) is 2. The van der Waals surface area contributed by atoms with Crippen LogP contribution >= 0.6 is 0 Å². The van der Waals surface area contributed by atoms with Crippen molar-refractivity contribution in [2.45, 2.75) is 51.6 Å². The molecule has 2 fully saturated rings. The van der Waals surface area contributed by atoms with Crippen LogP contribution in [-0.4, -0.2) is 88.6 Å². The Labute approximate surface area is 190 Å². The maximum absolute atomic E-state index is 13.0. The van der Waals surface area contributed by atoms with Crippen molar-refractivity contribution < 1.29 is 24.6 Å². The van der Waals surface area contributed by atoms with Gasteiger partial charge in [0.2, 0.25) is 5.91 Å². The molecule has 32 heavy (non-hydrogen) atoms. The minimum atomic E-state index is -1.82. The van der Waals surface area contributed by atoms with E-state index in [-0.39, 0.29) is 5.92 Å². The summed E-state index contributed by atoms with van der Waals surface area (Å²) in [5.41, 5.74) is 1.21. The normalized spacial score (nSPS) is 20.1. The van der Waals surface area contributed by atoms with Crippen molar-refractivity contribution in [3.05, 3.63) is 35.9 Å². The van der Waals surface area contributed by atoms with E-state index in [1.807, 2.05) is 30.1 Å². The fourth-order valence-electron chi connectivity index (χ4n) is 4.61. The molecule has 2 heterocycles. The van der Waals surface area contributed by atoms with Crippen molar-refractivity contribution >= 4 is 17.8 Å². The number of carbonyl (C=O) groups is 3. The van der Waals surface area contributed by atoms with Crippen LogP contribution in [-0.2, 0) is 20.9 Å². The summed E-state index contributed by atoms with van der Waals surface area (Å²) in [6, 6.07) is 11.0. The van der Waals surface area contributed by atoms with E-state index >= 15 is 0 Å². The molecule has 2 aliphatic heterocycles. The van der Waals surface area contributed by atoms with Gasteiger partial charge in [-0.15, -0.1) is 0 Å². The quantitative estimate of drug-likeness (QED) is 0.646. The second-order valence-corrected chi connectivity index (χ2v) is 8.70. The number of benzene rings is 1. The minimum absolute atomic E-state index is 0.172. The average molecular weight is 448 g/mol. The number of aliphatic carboxylic acids is 2. The number of piperidine rings is 2. The summed E-state index contributed by atoms with van der Waals surface area (Å²) in [5, 5.41) is 14.8. The van der Waals surface area contributed by atoms with E-state index in [4.69, 9.17) is 19.8 Å². The first-order chi connectivity index (χ1) is 15.3. The average Bonchev–Trinajstić information content (AvgIpc) is 2.80. The smallest absolute Gasteiger partial charge is 0.414 e. The van der Waals surface area contributed by atoms with Crippen molar-refractivity contribution in [2.24, 2.45) is 5.92 Å². The van der Waals surface area contributed by atoms with Gasteiger partial charge >= 0.3 is 11.9 Å². The molecule has 2 aliphatic rings. The third kappa shape index (κ3) is 8.24. The predicted octanol–water partition coefficient (Wildman–Crippen LogP) is 2.39. The third-order valence-electron chi connectivity index (χ3n) is 6.24. The van der Waals surface area contributed by atoms with Crippen LogP contribution in [0.25, 0.3) is 0 Å². The molecule has 1 aromatic rings. The zero-order valence-electron chi connectivity index (χ0n) is 19.3. The molecule has 178 valence electrons. The minimum Gasteiger partial charge on any atom is -0.473 e. The van der Waals surface area contributed by atoms with Gasteiger partial charge in [-0.2, -0.15) is 0 Å². The highest BCUT2D eigenvalue weighted by molar-refractivity contribution is 6.27. The molecule has 2 saturated heterocycles. The lowest BCUT2D eigenvalue weighted by molar-refractivity contribution is -0.159. The maximum Gasteiger partial charge on any atom is 0.414 e. The van der Waals surface area contributed by atoms with Crippen LogP contribution in [0.5, 0.6) is 0 Å². The van der Waals surface area contributed by atoms with Gasteiger partial charge in [-0.3, -0.25) is 9.69 Å². The van der Waals surface area contributed by atoms with Crippen LogP contribution < -0.4 is 0 Å². The number of nitrogens with zero attached hydrogens (tertiary/aromatic N) is 3. The molecule has 8 heteroatoms. The molecular formula is C24H37N3O5. The molecule has 0 bridgehead atoms. The lowest BCUT2D eigenvalue weighted by Crippen LogP contribution is -2.50. The predicted molar refractivity (Wildman–Crippen MR) is 122 cm³/mol. The van der Waals surface area contributed by atoms with Gasteiger partial charge in [-0.1, -0.05) is 37.3 Å². The summed E-state index contributed by atoms with van der Waals surface area (Å²) in [4.78, 5) is 38.3. The second-order valence-electron chi connectivity index (χ2n) is 8.70. The van der Waals surface area contributed by atoms with Crippen molar-refractivity contribution in [2.75, 3.05) is 39.8 Å². The molecule has 1 aromatic carbocycles. The topological polar surface area (TPSA) is 101 Å². The van der Waals surface area contributed by atoms with Crippen LogP contribution in [0.2, 0.25) is 0 Å². The number of hydrogen-bond acceptors (Lipinski definition) is 5. The number of carbonyl (C=O) groups excluding carboxylic acids is 1. The van der Waals surface area contributed by atoms with E-state index in [1.54, 1.807) is 0 Å². The van der Waals surface area contributed by atoms with Gasteiger partial charge in [-0.25, -0.2) is 9.59 Å². The number of carboxylic acids is 2. The van der Waals surface area contributed by atoms with Gasteiger partial charge < -0.3 is 20.0 Å². The lowest BCUT2D eigenvalue weighted by atomic mass is 9.92. The van der Waals surface area contributed by atoms with E-state index in [0.29, 0.717) is 18.5 Å². The molecule has 3 rings (SSSR count). The fourth-order valence-corrected chi connectivity index (χ4v) is 4.61. The van der Waals surface area contributed by atoms with Gasteiger partial charge in [-0.05, 0) is 63.8 Å². The van der Waals surface area contributed by atoms with Gasteiger partial charge in [0.25, 0.3) is 0 Å². The SMILES string of the molecule is CCCN1CCC(N2CCCC(C(=O)N(C)Cc3ccccc3)C2)CC1.O=C(O)C(=O)O. The first kappa shape index (κ1) is 25.8. The summed E-state index contributed by atoms with van der Waals surface area (Å²) in [6.07, 6.45) is 5.98. The number of hydrogen-bond donors (Lipinski definition) is 2. The van der Waals surface area contributed by atoms with E-state index in [9.17, 15) is 4.79 Å². The summed E-state index contributed by atoms with van der Waals surface area (Å²) in [7, 11) is 1.96. The van der Waals surface area contributed by atoms with Crippen LogP contribution in [0.3, 0.4) is 0 Å². The van der Waals surface area contributed by atoms with Crippen molar-refractivity contribution in [1.82, 2.24) is 14.7 Å². The Morgan fingerprint density at radius 2 is 1.62 bits per heavy atom. The summed E-state index contributed by atoms with van der Waals surface area (Å²) >= 11 is 0. The highest BCUT2D eigenvalue weighted by atomic mass is 16.4. The Hall–Kier alpha value is -2.45. The highest BCUT2D eigenvalue weighted by Crippen LogP contribution is 2.25. The van der Waals surface area contributed by atoms with Gasteiger partial charge in [0.15, 0.2) is 0 Å². The van der Waals surface area contributed by atoms with E-state index in [0.717, 1.165) is 19.4 Å². The molecule has 1 atom stereocenters. The molecule has 0 aliphatic carbocycles.